The minimum Gasteiger partial charge on any atom is -0.292 e. The minimum absolute atomic E-state index is 0.354. The zero-order chi connectivity index (χ0) is 10.1. The molecule has 2 aromatic rings. The van der Waals surface area contributed by atoms with E-state index in [0.29, 0.717) is 5.82 Å². The van der Waals surface area contributed by atoms with Gasteiger partial charge in [-0.15, -0.1) is 0 Å². The average molecular weight is 192 g/mol. The van der Waals surface area contributed by atoms with Gasteiger partial charge in [0.2, 0.25) is 0 Å². The third-order valence-electron chi connectivity index (χ3n) is 1.70. The van der Waals surface area contributed by atoms with Crippen molar-refractivity contribution >= 4 is 0 Å². The van der Waals surface area contributed by atoms with Crippen LogP contribution in [0.15, 0.2) is 28.0 Å². The van der Waals surface area contributed by atoms with Crippen LogP contribution in [0.2, 0.25) is 0 Å². The second-order valence-electron chi connectivity index (χ2n) is 2.94. The van der Waals surface area contributed by atoms with Crippen LogP contribution in [0, 0.1) is 6.92 Å². The van der Waals surface area contributed by atoms with Crippen LogP contribution in [0.3, 0.4) is 0 Å². The summed E-state index contributed by atoms with van der Waals surface area (Å²) in [6, 6.07) is 1.27. The molecule has 2 rings (SSSR count). The molecule has 2 N–H and O–H groups in total. The predicted molar refractivity (Wildman–Crippen MR) is 49.5 cm³/mol. The summed E-state index contributed by atoms with van der Waals surface area (Å²) < 4.78 is 1.44. The van der Waals surface area contributed by atoms with E-state index < -0.39 is 11.2 Å². The van der Waals surface area contributed by atoms with Crippen molar-refractivity contribution in [2.75, 3.05) is 0 Å². The van der Waals surface area contributed by atoms with Gasteiger partial charge in [0, 0.05) is 12.3 Å². The lowest BCUT2D eigenvalue weighted by atomic mass is 10.4. The number of aryl methyl sites for hydroxylation is 1. The summed E-state index contributed by atoms with van der Waals surface area (Å²) in [5.41, 5.74) is -0.0383. The van der Waals surface area contributed by atoms with Crippen LogP contribution < -0.4 is 11.2 Å². The van der Waals surface area contributed by atoms with E-state index in [0.717, 1.165) is 5.56 Å². The maximum atomic E-state index is 11.0. The second-order valence-corrected chi connectivity index (χ2v) is 2.94. The van der Waals surface area contributed by atoms with E-state index in [4.69, 9.17) is 0 Å². The fourth-order valence-electron chi connectivity index (χ4n) is 1.12. The van der Waals surface area contributed by atoms with E-state index in [1.807, 2.05) is 6.92 Å². The zero-order valence-electron chi connectivity index (χ0n) is 7.44. The van der Waals surface area contributed by atoms with Gasteiger partial charge in [-0.25, -0.2) is 9.48 Å². The van der Waals surface area contributed by atoms with Crippen LogP contribution in [0.1, 0.15) is 5.56 Å². The standard InChI is InChI=1S/C8H8N4O2/c1-5-3-9-12(4-5)6-2-7(13)11-8(14)10-6/h2-4H,1H3,(H2,10,11,13,14). The molecule has 2 heterocycles. The molecule has 0 radical (unpaired) electrons. The van der Waals surface area contributed by atoms with Gasteiger partial charge in [0.1, 0.15) is 5.82 Å². The molecule has 0 bridgehead atoms. The summed E-state index contributed by atoms with van der Waals surface area (Å²) in [5, 5.41) is 3.96. The van der Waals surface area contributed by atoms with E-state index in [1.54, 1.807) is 12.4 Å². The van der Waals surface area contributed by atoms with Crippen molar-refractivity contribution in [3.63, 3.8) is 0 Å². The smallest absolute Gasteiger partial charge is 0.292 e. The Balaban J connectivity index is 2.62. The number of hydrogen-bond donors (Lipinski definition) is 2. The van der Waals surface area contributed by atoms with Crippen LogP contribution in [-0.4, -0.2) is 19.7 Å². The topological polar surface area (TPSA) is 83.5 Å². The number of aromatic nitrogens is 4. The fraction of sp³-hybridized carbons (Fsp3) is 0.125. The summed E-state index contributed by atoms with van der Waals surface area (Å²) in [5.74, 6) is 0.354. The molecule has 0 saturated carbocycles. The Bertz CT molecular complexity index is 535. The maximum Gasteiger partial charge on any atom is 0.327 e. The summed E-state index contributed by atoms with van der Waals surface area (Å²) in [4.78, 5) is 26.5. The normalized spacial score (nSPS) is 10.4. The zero-order valence-corrected chi connectivity index (χ0v) is 7.44. The molecule has 6 nitrogen and oxygen atoms in total. The predicted octanol–water partition coefficient (Wildman–Crippen LogP) is -0.443. The van der Waals surface area contributed by atoms with Gasteiger partial charge in [-0.1, -0.05) is 0 Å². The molecule has 0 atom stereocenters. The third-order valence-corrected chi connectivity index (χ3v) is 1.70. The van der Waals surface area contributed by atoms with Crippen LogP contribution in [0.5, 0.6) is 0 Å². The Kier molecular flexibility index (Phi) is 1.81. The SMILES string of the molecule is Cc1cnn(-c2cc(=O)[nH]c(=O)[nH]2)c1. The van der Waals surface area contributed by atoms with Crippen molar-refractivity contribution in [2.45, 2.75) is 6.92 Å². The van der Waals surface area contributed by atoms with Gasteiger partial charge in [0.25, 0.3) is 5.56 Å². The average Bonchev–Trinajstić information content (AvgIpc) is 2.50. The van der Waals surface area contributed by atoms with Gasteiger partial charge in [-0.05, 0) is 12.5 Å². The molecule has 0 fully saturated rings. The molecule has 72 valence electrons. The van der Waals surface area contributed by atoms with Crippen molar-refractivity contribution in [1.82, 2.24) is 19.7 Å². The highest BCUT2D eigenvalue weighted by Gasteiger charge is 2.00. The largest absolute Gasteiger partial charge is 0.327 e. The Labute approximate surface area is 78.2 Å². The van der Waals surface area contributed by atoms with Gasteiger partial charge in [0.15, 0.2) is 0 Å². The number of aromatic amines is 2. The summed E-state index contributed by atoms with van der Waals surface area (Å²) in [6.07, 6.45) is 3.35. The molecule has 6 heteroatoms. The van der Waals surface area contributed by atoms with E-state index in [-0.39, 0.29) is 0 Å². The number of hydrogen-bond acceptors (Lipinski definition) is 3. The summed E-state index contributed by atoms with van der Waals surface area (Å²) in [7, 11) is 0. The molecule has 0 unspecified atom stereocenters. The van der Waals surface area contributed by atoms with Gasteiger partial charge in [-0.3, -0.25) is 14.8 Å². The summed E-state index contributed by atoms with van der Waals surface area (Å²) >= 11 is 0. The lowest BCUT2D eigenvalue weighted by Crippen LogP contribution is -2.23. The minimum atomic E-state index is -0.541. The van der Waals surface area contributed by atoms with E-state index in [2.05, 4.69) is 15.1 Å². The Morgan fingerprint density at radius 2 is 2.14 bits per heavy atom. The first-order chi connectivity index (χ1) is 6.65. The van der Waals surface area contributed by atoms with E-state index in [9.17, 15) is 9.59 Å². The van der Waals surface area contributed by atoms with Crippen LogP contribution in [-0.2, 0) is 0 Å². The molecule has 0 saturated heterocycles. The maximum absolute atomic E-state index is 11.0. The van der Waals surface area contributed by atoms with Crippen LogP contribution in [0.4, 0.5) is 0 Å². The van der Waals surface area contributed by atoms with Crippen LogP contribution >= 0.6 is 0 Å². The Morgan fingerprint density at radius 1 is 1.36 bits per heavy atom. The number of rotatable bonds is 1. The number of nitrogens with one attached hydrogen (secondary N) is 2. The first-order valence-electron chi connectivity index (χ1n) is 4.00. The van der Waals surface area contributed by atoms with E-state index in [1.165, 1.54) is 10.7 Å². The molecule has 0 aliphatic heterocycles. The molecule has 0 aliphatic carbocycles. The molecule has 2 aromatic heterocycles. The molecule has 0 amide bonds. The lowest BCUT2D eigenvalue weighted by Gasteiger charge is -1.97. The third kappa shape index (κ3) is 1.49. The van der Waals surface area contributed by atoms with Crippen molar-refractivity contribution < 1.29 is 0 Å². The highest BCUT2D eigenvalue weighted by molar-refractivity contribution is 5.19. The van der Waals surface area contributed by atoms with Gasteiger partial charge in [-0.2, -0.15) is 5.10 Å². The molecule has 0 spiro atoms. The number of nitrogens with zero attached hydrogens (tertiary/aromatic N) is 2. The molecule has 0 aliphatic rings. The lowest BCUT2D eigenvalue weighted by molar-refractivity contribution is 0.823. The fourth-order valence-corrected chi connectivity index (χ4v) is 1.12. The first-order valence-corrected chi connectivity index (χ1v) is 4.00. The first kappa shape index (κ1) is 8.49. The van der Waals surface area contributed by atoms with Gasteiger partial charge < -0.3 is 0 Å². The Morgan fingerprint density at radius 3 is 2.71 bits per heavy atom. The molecular formula is C8H8N4O2. The highest BCUT2D eigenvalue weighted by Crippen LogP contribution is 1.99. The quantitative estimate of drug-likeness (QED) is 0.642. The molecule has 0 aromatic carbocycles. The van der Waals surface area contributed by atoms with Crippen molar-refractivity contribution in [3.05, 3.63) is 44.9 Å². The number of H-pyrrole nitrogens is 2. The van der Waals surface area contributed by atoms with Crippen molar-refractivity contribution in [2.24, 2.45) is 0 Å². The second kappa shape index (κ2) is 2.99. The summed E-state index contributed by atoms with van der Waals surface area (Å²) in [6.45, 7) is 1.87. The Hall–Kier alpha value is -2.11. The van der Waals surface area contributed by atoms with Gasteiger partial charge in [0.05, 0.1) is 6.20 Å². The van der Waals surface area contributed by atoms with Crippen molar-refractivity contribution in [3.8, 4) is 5.82 Å². The van der Waals surface area contributed by atoms with E-state index >= 15 is 0 Å². The monoisotopic (exact) mass is 192 g/mol. The molecular weight excluding hydrogens is 184 g/mol. The van der Waals surface area contributed by atoms with Crippen molar-refractivity contribution in [1.29, 1.82) is 0 Å². The molecule has 14 heavy (non-hydrogen) atoms. The highest BCUT2D eigenvalue weighted by atomic mass is 16.2. The van der Waals surface area contributed by atoms with Crippen LogP contribution in [0.25, 0.3) is 5.82 Å². The van der Waals surface area contributed by atoms with Gasteiger partial charge >= 0.3 is 5.69 Å².